The van der Waals surface area contributed by atoms with E-state index in [-0.39, 0.29) is 0 Å². The Morgan fingerprint density at radius 1 is 1.04 bits per heavy atom. The highest BCUT2D eigenvalue weighted by molar-refractivity contribution is 9.10. The largest absolute Gasteiger partial charge is 0.488 e. The third kappa shape index (κ3) is 4.75. The molecule has 0 aromatic heterocycles. The fourth-order valence-corrected chi connectivity index (χ4v) is 3.18. The third-order valence-electron chi connectivity index (χ3n) is 4.01. The van der Waals surface area contributed by atoms with Gasteiger partial charge in [0.2, 0.25) is 0 Å². The number of rotatable bonds is 5. The number of aryl methyl sites for hydroxylation is 2. The van der Waals surface area contributed by atoms with E-state index < -0.39 is 0 Å². The van der Waals surface area contributed by atoms with Gasteiger partial charge in [-0.2, -0.15) is 0 Å². The molecule has 26 heavy (non-hydrogen) atoms. The summed E-state index contributed by atoms with van der Waals surface area (Å²) < 4.78 is 6.98. The van der Waals surface area contributed by atoms with Crippen molar-refractivity contribution in [1.82, 2.24) is 0 Å². The summed E-state index contributed by atoms with van der Waals surface area (Å²) in [6, 6.07) is 19.8. The van der Waals surface area contributed by atoms with Crippen molar-refractivity contribution in [2.75, 3.05) is 0 Å². The van der Waals surface area contributed by atoms with Crippen LogP contribution >= 0.6 is 27.5 Å². The molecule has 2 nitrogen and oxygen atoms in total. The topological polar surface area (TPSA) is 21.6 Å². The van der Waals surface area contributed by atoms with Crippen LogP contribution in [0, 0.1) is 13.8 Å². The minimum Gasteiger partial charge on any atom is -0.488 e. The van der Waals surface area contributed by atoms with Gasteiger partial charge in [-0.1, -0.05) is 63.4 Å². The average Bonchev–Trinajstić information content (AvgIpc) is 2.61. The normalized spacial score (nSPS) is 11.1. The van der Waals surface area contributed by atoms with E-state index in [4.69, 9.17) is 16.3 Å². The van der Waals surface area contributed by atoms with Crippen molar-refractivity contribution in [3.05, 3.63) is 92.4 Å². The lowest BCUT2D eigenvalue weighted by atomic mass is 10.1. The second-order valence-corrected chi connectivity index (χ2v) is 7.43. The molecule has 0 radical (unpaired) electrons. The molecule has 4 heteroatoms. The van der Waals surface area contributed by atoms with Crippen LogP contribution in [0.1, 0.15) is 22.3 Å². The predicted molar refractivity (Wildman–Crippen MR) is 113 cm³/mol. The summed E-state index contributed by atoms with van der Waals surface area (Å²) >= 11 is 9.73. The first-order valence-electron chi connectivity index (χ1n) is 8.30. The molecule has 0 amide bonds. The first-order chi connectivity index (χ1) is 12.5. The molecule has 0 aliphatic heterocycles. The number of nitrogens with zero attached hydrogens (tertiary/aromatic N) is 1. The fourth-order valence-electron chi connectivity index (χ4n) is 2.61. The summed E-state index contributed by atoms with van der Waals surface area (Å²) in [5, 5.41) is 0.704. The molecule has 0 fully saturated rings. The summed E-state index contributed by atoms with van der Waals surface area (Å²) in [7, 11) is 0. The maximum Gasteiger partial charge on any atom is 0.128 e. The van der Waals surface area contributed by atoms with Gasteiger partial charge >= 0.3 is 0 Å². The number of halogens is 2. The number of benzene rings is 3. The molecule has 0 bridgehead atoms. The summed E-state index contributed by atoms with van der Waals surface area (Å²) in [6.45, 7) is 4.55. The molecule has 0 spiro atoms. The zero-order valence-electron chi connectivity index (χ0n) is 14.7. The number of aliphatic imine (C=N–C) groups is 1. The molecule has 0 saturated heterocycles. The Kier molecular flexibility index (Phi) is 6.12. The second-order valence-electron chi connectivity index (χ2n) is 6.11. The molecule has 3 aromatic carbocycles. The van der Waals surface area contributed by atoms with E-state index >= 15 is 0 Å². The maximum absolute atomic E-state index is 6.21. The van der Waals surface area contributed by atoms with E-state index in [1.807, 2.05) is 54.7 Å². The molecule has 0 saturated carbocycles. The monoisotopic (exact) mass is 427 g/mol. The van der Waals surface area contributed by atoms with Gasteiger partial charge in [-0.25, -0.2) is 0 Å². The van der Waals surface area contributed by atoms with E-state index in [0.717, 1.165) is 32.6 Å². The van der Waals surface area contributed by atoms with Crippen LogP contribution < -0.4 is 4.74 Å². The van der Waals surface area contributed by atoms with Crippen LogP contribution in [-0.4, -0.2) is 6.21 Å². The van der Waals surface area contributed by atoms with Crippen molar-refractivity contribution in [1.29, 1.82) is 0 Å². The Bertz CT molecular complexity index is 953. The van der Waals surface area contributed by atoms with Gasteiger partial charge in [0.1, 0.15) is 12.4 Å². The number of ether oxygens (including phenoxy) is 1. The summed E-state index contributed by atoms with van der Waals surface area (Å²) in [4.78, 5) is 4.64. The molecule has 3 aromatic rings. The molecule has 0 aliphatic rings. The van der Waals surface area contributed by atoms with Gasteiger partial charge in [-0.3, -0.25) is 4.99 Å². The smallest absolute Gasteiger partial charge is 0.128 e. The van der Waals surface area contributed by atoms with Crippen LogP contribution in [0.5, 0.6) is 5.75 Å². The second kappa shape index (κ2) is 8.52. The van der Waals surface area contributed by atoms with E-state index in [2.05, 4.69) is 46.9 Å². The van der Waals surface area contributed by atoms with Crippen LogP contribution in [0.3, 0.4) is 0 Å². The van der Waals surface area contributed by atoms with Gasteiger partial charge in [-0.05, 0) is 49.7 Å². The highest BCUT2D eigenvalue weighted by Gasteiger charge is 2.06. The molecular formula is C22H19BrClNO. The van der Waals surface area contributed by atoms with E-state index in [1.165, 1.54) is 5.56 Å². The average molecular weight is 429 g/mol. The van der Waals surface area contributed by atoms with Crippen LogP contribution in [0.15, 0.2) is 70.1 Å². The van der Waals surface area contributed by atoms with E-state index in [9.17, 15) is 0 Å². The molecule has 3 rings (SSSR count). The highest BCUT2D eigenvalue weighted by Crippen LogP contribution is 2.26. The quantitative estimate of drug-likeness (QED) is 0.399. The van der Waals surface area contributed by atoms with Crippen LogP contribution in [0.2, 0.25) is 5.02 Å². The number of hydrogen-bond acceptors (Lipinski definition) is 2. The lowest BCUT2D eigenvalue weighted by Gasteiger charge is -2.11. The van der Waals surface area contributed by atoms with E-state index in [0.29, 0.717) is 11.6 Å². The Hall–Kier alpha value is -2.10. The van der Waals surface area contributed by atoms with Crippen LogP contribution in [0.25, 0.3) is 0 Å². The Morgan fingerprint density at radius 2 is 1.85 bits per heavy atom. The van der Waals surface area contributed by atoms with Crippen LogP contribution in [0.4, 0.5) is 5.69 Å². The molecule has 0 aliphatic carbocycles. The van der Waals surface area contributed by atoms with Gasteiger partial charge in [-0.15, -0.1) is 0 Å². The van der Waals surface area contributed by atoms with E-state index in [1.54, 1.807) is 0 Å². The fraction of sp³-hybridized carbons (Fsp3) is 0.136. The third-order valence-corrected chi connectivity index (χ3v) is 4.87. The lowest BCUT2D eigenvalue weighted by molar-refractivity contribution is 0.306. The van der Waals surface area contributed by atoms with Crippen molar-refractivity contribution in [2.24, 2.45) is 4.99 Å². The maximum atomic E-state index is 6.21. The Labute approximate surface area is 167 Å². The Balaban J connectivity index is 1.84. The predicted octanol–water partition coefficient (Wildman–Crippen LogP) is 7.05. The molecule has 132 valence electrons. The van der Waals surface area contributed by atoms with Crippen LogP contribution in [-0.2, 0) is 6.61 Å². The van der Waals surface area contributed by atoms with Crippen molar-refractivity contribution in [3.8, 4) is 5.75 Å². The summed E-state index contributed by atoms with van der Waals surface area (Å²) in [6.07, 6.45) is 1.84. The van der Waals surface area contributed by atoms with Gasteiger partial charge in [0.25, 0.3) is 0 Å². The van der Waals surface area contributed by atoms with Crippen molar-refractivity contribution in [3.63, 3.8) is 0 Å². The van der Waals surface area contributed by atoms with Crippen molar-refractivity contribution >= 4 is 39.4 Å². The van der Waals surface area contributed by atoms with Gasteiger partial charge in [0.05, 0.1) is 5.69 Å². The molecular weight excluding hydrogens is 410 g/mol. The summed E-state index contributed by atoms with van der Waals surface area (Å²) in [5.74, 6) is 0.765. The SMILES string of the molecule is Cc1ccc(N=Cc2cc(Br)ccc2OCc2ccccc2Cl)c(C)c1. The zero-order valence-corrected chi connectivity index (χ0v) is 17.0. The number of hydrogen-bond donors (Lipinski definition) is 0. The van der Waals surface area contributed by atoms with Crippen molar-refractivity contribution in [2.45, 2.75) is 20.5 Å². The minimum absolute atomic E-state index is 0.408. The highest BCUT2D eigenvalue weighted by atomic mass is 79.9. The lowest BCUT2D eigenvalue weighted by Crippen LogP contribution is -1.99. The Morgan fingerprint density at radius 3 is 2.62 bits per heavy atom. The first kappa shape index (κ1) is 18.7. The molecule has 0 unspecified atom stereocenters. The van der Waals surface area contributed by atoms with Gasteiger partial charge < -0.3 is 4.74 Å². The minimum atomic E-state index is 0.408. The van der Waals surface area contributed by atoms with Crippen molar-refractivity contribution < 1.29 is 4.74 Å². The molecule has 0 atom stereocenters. The standard InChI is InChI=1S/C22H19BrClNO/c1-15-7-9-21(16(2)11-15)25-13-18-12-19(23)8-10-22(18)26-14-17-5-3-4-6-20(17)24/h3-13H,14H2,1-2H3. The first-order valence-corrected chi connectivity index (χ1v) is 9.47. The molecule has 0 N–H and O–H groups in total. The zero-order chi connectivity index (χ0) is 18.5. The van der Waals surface area contributed by atoms with Gasteiger partial charge in [0.15, 0.2) is 0 Å². The molecule has 0 heterocycles. The van der Waals surface area contributed by atoms with Gasteiger partial charge in [0, 0.05) is 26.8 Å². The summed E-state index contributed by atoms with van der Waals surface area (Å²) in [5.41, 5.74) is 5.19.